The van der Waals surface area contributed by atoms with Crippen LogP contribution in [0.5, 0.6) is 0 Å². The Labute approximate surface area is 133 Å². The maximum atomic E-state index is 4.77. The molecule has 108 valence electrons. The van der Waals surface area contributed by atoms with Gasteiger partial charge in [0.2, 0.25) is 0 Å². The van der Waals surface area contributed by atoms with Gasteiger partial charge in [-0.1, -0.05) is 13.8 Å². The molecule has 20 heavy (non-hydrogen) atoms. The quantitative estimate of drug-likeness (QED) is 0.858. The van der Waals surface area contributed by atoms with Crippen molar-refractivity contribution in [2.24, 2.45) is 0 Å². The maximum Gasteiger partial charge on any atom is 0.116 e. The van der Waals surface area contributed by atoms with Crippen LogP contribution in [0, 0.1) is 0 Å². The topological polar surface area (TPSA) is 37.8 Å². The molecule has 0 spiro atoms. The van der Waals surface area contributed by atoms with Gasteiger partial charge in [-0.05, 0) is 47.8 Å². The molecule has 0 radical (unpaired) electrons. The first kappa shape index (κ1) is 15.6. The Morgan fingerprint density at radius 3 is 2.40 bits per heavy atom. The number of halogens is 1. The van der Waals surface area contributed by atoms with Crippen LogP contribution in [0.4, 0.5) is 0 Å². The van der Waals surface area contributed by atoms with Crippen molar-refractivity contribution >= 4 is 27.3 Å². The Kier molecular flexibility index (Phi) is 5.29. The first-order valence-corrected chi connectivity index (χ1v) is 8.47. The maximum absolute atomic E-state index is 4.77. The van der Waals surface area contributed by atoms with Crippen LogP contribution < -0.4 is 5.32 Å². The molecule has 2 heterocycles. The number of hydrogen-bond acceptors (Lipinski definition) is 4. The van der Waals surface area contributed by atoms with Gasteiger partial charge in [0.15, 0.2) is 0 Å². The highest BCUT2D eigenvalue weighted by Crippen LogP contribution is 2.27. The van der Waals surface area contributed by atoms with E-state index in [4.69, 9.17) is 4.98 Å². The van der Waals surface area contributed by atoms with E-state index in [1.165, 1.54) is 0 Å². The molecule has 0 aliphatic heterocycles. The van der Waals surface area contributed by atoms with Crippen molar-refractivity contribution < 1.29 is 0 Å². The van der Waals surface area contributed by atoms with Gasteiger partial charge in [0.25, 0.3) is 0 Å². The van der Waals surface area contributed by atoms with Crippen molar-refractivity contribution in [2.45, 2.75) is 45.7 Å². The average molecular weight is 354 g/mol. The van der Waals surface area contributed by atoms with Crippen molar-refractivity contribution in [3.8, 4) is 0 Å². The molecule has 0 fully saturated rings. The Morgan fingerprint density at radius 2 is 1.90 bits per heavy atom. The Hall–Kier alpha value is -0.780. The van der Waals surface area contributed by atoms with Gasteiger partial charge in [0.05, 0.1) is 11.4 Å². The molecular formula is C15H20BrN3S. The molecule has 0 bridgehead atoms. The second-order valence-corrected chi connectivity index (χ2v) is 7.23. The molecule has 1 unspecified atom stereocenters. The Morgan fingerprint density at radius 1 is 1.15 bits per heavy atom. The number of hydrogen-bond donors (Lipinski definition) is 1. The zero-order valence-electron chi connectivity index (χ0n) is 12.2. The molecule has 2 aromatic heterocycles. The van der Waals surface area contributed by atoms with Crippen LogP contribution in [-0.2, 0) is 0 Å². The Balaban J connectivity index is 2.33. The van der Waals surface area contributed by atoms with Crippen molar-refractivity contribution in [3.63, 3.8) is 0 Å². The zero-order chi connectivity index (χ0) is 14.7. The standard InChI is InChI=1S/C15H20BrN3S/c1-9(2)13-8-20-15(19-13)14(18-10(3)4)12-6-5-11(16)7-17-12/h5-10,14,18H,1-4H3. The molecule has 0 aliphatic rings. The van der Waals surface area contributed by atoms with Crippen LogP contribution >= 0.6 is 27.3 Å². The van der Waals surface area contributed by atoms with Crippen LogP contribution in [0.15, 0.2) is 28.2 Å². The largest absolute Gasteiger partial charge is 0.301 e. The van der Waals surface area contributed by atoms with E-state index in [1.807, 2.05) is 18.3 Å². The van der Waals surface area contributed by atoms with E-state index in [0.717, 1.165) is 20.9 Å². The highest BCUT2D eigenvalue weighted by molar-refractivity contribution is 9.10. The van der Waals surface area contributed by atoms with Gasteiger partial charge >= 0.3 is 0 Å². The van der Waals surface area contributed by atoms with Crippen molar-refractivity contribution in [3.05, 3.63) is 44.6 Å². The summed E-state index contributed by atoms with van der Waals surface area (Å²) < 4.78 is 0.992. The summed E-state index contributed by atoms with van der Waals surface area (Å²) in [6, 6.07) is 4.49. The lowest BCUT2D eigenvalue weighted by atomic mass is 10.1. The monoisotopic (exact) mass is 353 g/mol. The van der Waals surface area contributed by atoms with Crippen LogP contribution in [-0.4, -0.2) is 16.0 Å². The van der Waals surface area contributed by atoms with E-state index in [9.17, 15) is 0 Å². The third-order valence-corrected chi connectivity index (χ3v) is 4.32. The summed E-state index contributed by atoms with van der Waals surface area (Å²) in [4.78, 5) is 9.29. The molecule has 0 aromatic carbocycles. The molecular weight excluding hydrogens is 334 g/mol. The van der Waals surface area contributed by atoms with Crippen LogP contribution in [0.1, 0.15) is 56.1 Å². The normalized spacial score (nSPS) is 13.2. The highest BCUT2D eigenvalue weighted by atomic mass is 79.9. The minimum absolute atomic E-state index is 0.0561. The zero-order valence-corrected chi connectivity index (χ0v) is 14.6. The lowest BCUT2D eigenvalue weighted by Gasteiger charge is -2.19. The molecule has 0 amide bonds. The number of rotatable bonds is 5. The van der Waals surface area contributed by atoms with Gasteiger partial charge in [-0.2, -0.15) is 0 Å². The number of aromatic nitrogens is 2. The molecule has 3 nitrogen and oxygen atoms in total. The highest BCUT2D eigenvalue weighted by Gasteiger charge is 2.20. The summed E-state index contributed by atoms with van der Waals surface area (Å²) in [5.74, 6) is 0.456. The molecule has 1 atom stereocenters. The summed E-state index contributed by atoms with van der Waals surface area (Å²) >= 11 is 5.13. The van der Waals surface area contributed by atoms with Gasteiger partial charge in [-0.25, -0.2) is 4.98 Å². The molecule has 0 saturated carbocycles. The van der Waals surface area contributed by atoms with Gasteiger partial charge in [0, 0.05) is 22.1 Å². The Bertz CT molecular complexity index is 549. The molecule has 5 heteroatoms. The smallest absolute Gasteiger partial charge is 0.116 e. The third-order valence-electron chi connectivity index (χ3n) is 2.92. The van der Waals surface area contributed by atoms with Crippen LogP contribution in [0.25, 0.3) is 0 Å². The van der Waals surface area contributed by atoms with E-state index in [-0.39, 0.29) is 6.04 Å². The minimum atomic E-state index is 0.0561. The SMILES string of the molecule is CC(C)NC(c1ccc(Br)cn1)c1nc(C(C)C)cs1. The van der Waals surface area contributed by atoms with Gasteiger partial charge < -0.3 is 5.32 Å². The lowest BCUT2D eigenvalue weighted by molar-refractivity contribution is 0.517. The fraction of sp³-hybridized carbons (Fsp3) is 0.467. The molecule has 1 N–H and O–H groups in total. The van der Waals surface area contributed by atoms with Gasteiger partial charge in [0.1, 0.15) is 11.0 Å². The van der Waals surface area contributed by atoms with Gasteiger partial charge in [-0.3, -0.25) is 4.98 Å². The summed E-state index contributed by atoms with van der Waals surface area (Å²) in [6.07, 6.45) is 1.83. The molecule has 2 rings (SSSR count). The summed E-state index contributed by atoms with van der Waals surface area (Å²) in [7, 11) is 0. The first-order chi connectivity index (χ1) is 9.47. The number of nitrogens with one attached hydrogen (secondary N) is 1. The van der Waals surface area contributed by atoms with E-state index in [1.54, 1.807) is 11.3 Å². The number of nitrogens with zero attached hydrogens (tertiary/aromatic N) is 2. The lowest BCUT2D eigenvalue weighted by Crippen LogP contribution is -2.29. The van der Waals surface area contributed by atoms with Crippen molar-refractivity contribution in [1.29, 1.82) is 0 Å². The molecule has 0 aliphatic carbocycles. The predicted octanol–water partition coefficient (Wildman–Crippen LogP) is 4.51. The van der Waals surface area contributed by atoms with E-state index in [0.29, 0.717) is 12.0 Å². The third kappa shape index (κ3) is 3.87. The van der Waals surface area contributed by atoms with E-state index < -0.39 is 0 Å². The predicted molar refractivity (Wildman–Crippen MR) is 88.3 cm³/mol. The molecule has 2 aromatic rings. The minimum Gasteiger partial charge on any atom is -0.301 e. The fourth-order valence-corrected chi connectivity index (χ4v) is 3.16. The summed E-state index contributed by atoms with van der Waals surface area (Å²) in [6.45, 7) is 8.62. The fourth-order valence-electron chi connectivity index (χ4n) is 1.87. The van der Waals surface area contributed by atoms with Gasteiger partial charge in [-0.15, -0.1) is 11.3 Å². The summed E-state index contributed by atoms with van der Waals surface area (Å²) in [5.41, 5.74) is 2.16. The van der Waals surface area contributed by atoms with E-state index in [2.05, 4.69) is 59.3 Å². The average Bonchev–Trinajstić information content (AvgIpc) is 2.86. The van der Waals surface area contributed by atoms with E-state index >= 15 is 0 Å². The second-order valence-electron chi connectivity index (χ2n) is 5.42. The van der Waals surface area contributed by atoms with Crippen molar-refractivity contribution in [2.75, 3.05) is 0 Å². The van der Waals surface area contributed by atoms with Crippen molar-refractivity contribution in [1.82, 2.24) is 15.3 Å². The first-order valence-electron chi connectivity index (χ1n) is 6.80. The molecule has 0 saturated heterocycles. The second kappa shape index (κ2) is 6.78. The summed E-state index contributed by atoms with van der Waals surface area (Å²) in [5, 5.41) is 6.78. The number of thiazole rings is 1. The van der Waals surface area contributed by atoms with Crippen LogP contribution in [0.2, 0.25) is 0 Å². The number of pyridine rings is 1. The van der Waals surface area contributed by atoms with Crippen LogP contribution in [0.3, 0.4) is 0 Å².